The molecule has 2 aromatic rings. The number of hydrogen-bond donors (Lipinski definition) is 1. The van der Waals surface area contributed by atoms with Crippen molar-refractivity contribution in [3.05, 3.63) is 40.7 Å². The van der Waals surface area contributed by atoms with Crippen LogP contribution >= 0.6 is 11.3 Å². The van der Waals surface area contributed by atoms with Crippen LogP contribution in [0.4, 0.5) is 15.2 Å². The van der Waals surface area contributed by atoms with Crippen LogP contribution in [-0.2, 0) is 13.0 Å². The van der Waals surface area contributed by atoms with Crippen LogP contribution in [0.2, 0.25) is 0 Å². The second kappa shape index (κ2) is 5.89. The molecule has 0 bridgehead atoms. The van der Waals surface area contributed by atoms with Gasteiger partial charge in [-0.2, -0.15) is 0 Å². The van der Waals surface area contributed by atoms with Crippen molar-refractivity contribution in [2.75, 3.05) is 18.0 Å². The Morgan fingerprint density at radius 3 is 3.20 bits per heavy atom. The van der Waals surface area contributed by atoms with Gasteiger partial charge in [0, 0.05) is 24.2 Å². The predicted molar refractivity (Wildman–Crippen MR) is 81.2 cm³/mol. The summed E-state index contributed by atoms with van der Waals surface area (Å²) in [4.78, 5) is 6.77. The summed E-state index contributed by atoms with van der Waals surface area (Å²) in [5.41, 5.74) is 3.22. The van der Waals surface area contributed by atoms with Gasteiger partial charge in [0.1, 0.15) is 5.82 Å². The fourth-order valence-corrected chi connectivity index (χ4v) is 3.31. The number of aromatic nitrogens is 1. The number of hydrogen-bond acceptors (Lipinski definition) is 4. The highest BCUT2D eigenvalue weighted by atomic mass is 32.1. The molecule has 106 valence electrons. The van der Waals surface area contributed by atoms with Crippen LogP contribution in [0.3, 0.4) is 0 Å². The fraction of sp³-hybridized carbons (Fsp3) is 0.400. The summed E-state index contributed by atoms with van der Waals surface area (Å²) < 4.78 is 13.4. The maximum absolute atomic E-state index is 13.4. The summed E-state index contributed by atoms with van der Waals surface area (Å²) in [6, 6.07) is 5.02. The van der Waals surface area contributed by atoms with Crippen LogP contribution in [0.15, 0.2) is 23.6 Å². The Kier molecular flexibility index (Phi) is 3.98. The van der Waals surface area contributed by atoms with E-state index in [0.29, 0.717) is 0 Å². The summed E-state index contributed by atoms with van der Waals surface area (Å²) >= 11 is 1.63. The molecular weight excluding hydrogens is 273 g/mol. The van der Waals surface area contributed by atoms with Crippen molar-refractivity contribution in [1.29, 1.82) is 0 Å². The molecule has 1 aromatic heterocycles. The van der Waals surface area contributed by atoms with Crippen molar-refractivity contribution in [2.24, 2.45) is 0 Å². The van der Waals surface area contributed by atoms with Crippen molar-refractivity contribution in [3.63, 3.8) is 0 Å². The molecule has 0 amide bonds. The van der Waals surface area contributed by atoms with Gasteiger partial charge in [0.25, 0.3) is 0 Å². The molecule has 2 heterocycles. The van der Waals surface area contributed by atoms with Gasteiger partial charge in [-0.3, -0.25) is 0 Å². The third kappa shape index (κ3) is 2.69. The smallest absolute Gasteiger partial charge is 0.190 e. The summed E-state index contributed by atoms with van der Waals surface area (Å²) in [5.74, 6) is -0.183. The SMILES string of the molecule is CCCNCc1csc(N2CCc3ccc(F)cc32)n1. The van der Waals surface area contributed by atoms with Crippen LogP contribution in [0.25, 0.3) is 0 Å². The molecule has 0 spiro atoms. The molecule has 20 heavy (non-hydrogen) atoms. The molecule has 0 fully saturated rings. The Morgan fingerprint density at radius 2 is 2.35 bits per heavy atom. The van der Waals surface area contributed by atoms with Crippen molar-refractivity contribution in [1.82, 2.24) is 10.3 Å². The Hall–Kier alpha value is -1.46. The minimum absolute atomic E-state index is 0.183. The normalized spacial score (nSPS) is 13.8. The number of thiazole rings is 1. The summed E-state index contributed by atoms with van der Waals surface area (Å²) in [6.07, 6.45) is 2.08. The molecule has 0 radical (unpaired) electrons. The number of fused-ring (bicyclic) bond motifs is 1. The lowest BCUT2D eigenvalue weighted by molar-refractivity contribution is 0.628. The lowest BCUT2D eigenvalue weighted by atomic mass is 10.2. The van der Waals surface area contributed by atoms with Crippen LogP contribution in [0.1, 0.15) is 24.6 Å². The van der Waals surface area contributed by atoms with Crippen LogP contribution in [-0.4, -0.2) is 18.1 Å². The third-order valence-electron chi connectivity index (χ3n) is 3.45. The third-order valence-corrected chi connectivity index (χ3v) is 4.36. The number of anilines is 2. The van der Waals surface area contributed by atoms with Gasteiger partial charge in [-0.15, -0.1) is 11.3 Å². The molecule has 5 heteroatoms. The standard InChI is InChI=1S/C15H18FN3S/c1-2-6-17-9-13-10-20-15(18-13)19-7-5-11-3-4-12(16)8-14(11)19/h3-4,8,10,17H,2,5-7,9H2,1H3. The van der Waals surface area contributed by atoms with Gasteiger partial charge < -0.3 is 10.2 Å². The van der Waals surface area contributed by atoms with E-state index < -0.39 is 0 Å². The molecule has 1 aliphatic heterocycles. The van der Waals surface area contributed by atoms with E-state index >= 15 is 0 Å². The van der Waals surface area contributed by atoms with Crippen molar-refractivity contribution in [2.45, 2.75) is 26.3 Å². The Labute approximate surface area is 122 Å². The van der Waals surface area contributed by atoms with E-state index in [0.717, 1.165) is 49.0 Å². The largest absolute Gasteiger partial charge is 0.317 e. The number of nitrogens with one attached hydrogen (secondary N) is 1. The van der Waals surface area contributed by atoms with E-state index in [9.17, 15) is 4.39 Å². The molecular formula is C15H18FN3S. The molecule has 0 atom stereocenters. The molecule has 1 aromatic carbocycles. The average molecular weight is 291 g/mol. The quantitative estimate of drug-likeness (QED) is 0.855. The highest BCUT2D eigenvalue weighted by molar-refractivity contribution is 7.13. The molecule has 3 nitrogen and oxygen atoms in total. The van der Waals surface area contributed by atoms with Crippen molar-refractivity contribution < 1.29 is 4.39 Å². The van der Waals surface area contributed by atoms with E-state index in [4.69, 9.17) is 0 Å². The number of nitrogens with zero attached hydrogens (tertiary/aromatic N) is 2. The van der Waals surface area contributed by atoms with Crippen LogP contribution in [0.5, 0.6) is 0 Å². The van der Waals surface area contributed by atoms with E-state index in [1.54, 1.807) is 17.4 Å². The fourth-order valence-electron chi connectivity index (χ4n) is 2.45. The van der Waals surface area contributed by atoms with Crippen molar-refractivity contribution in [3.8, 4) is 0 Å². The van der Waals surface area contributed by atoms with Gasteiger partial charge in [-0.25, -0.2) is 9.37 Å². The van der Waals surface area contributed by atoms with Gasteiger partial charge in [0.05, 0.1) is 5.69 Å². The van der Waals surface area contributed by atoms with E-state index in [1.165, 1.54) is 11.6 Å². The van der Waals surface area contributed by atoms with Gasteiger partial charge in [0.2, 0.25) is 0 Å². The minimum atomic E-state index is -0.183. The maximum Gasteiger partial charge on any atom is 0.190 e. The second-order valence-electron chi connectivity index (χ2n) is 4.97. The van der Waals surface area contributed by atoms with E-state index in [1.807, 2.05) is 6.07 Å². The molecule has 0 saturated carbocycles. The minimum Gasteiger partial charge on any atom is -0.317 e. The first-order chi connectivity index (χ1) is 9.78. The highest BCUT2D eigenvalue weighted by Crippen LogP contribution is 2.36. The monoisotopic (exact) mass is 291 g/mol. The lowest BCUT2D eigenvalue weighted by Crippen LogP contribution is -2.15. The first kappa shape index (κ1) is 13.5. The zero-order valence-corrected chi connectivity index (χ0v) is 12.3. The summed E-state index contributed by atoms with van der Waals surface area (Å²) in [7, 11) is 0. The summed E-state index contributed by atoms with van der Waals surface area (Å²) in [6.45, 7) is 4.84. The van der Waals surface area contributed by atoms with Gasteiger partial charge >= 0.3 is 0 Å². The topological polar surface area (TPSA) is 28.2 Å². The van der Waals surface area contributed by atoms with Gasteiger partial charge in [-0.1, -0.05) is 13.0 Å². The first-order valence-corrected chi connectivity index (χ1v) is 7.87. The number of halogens is 1. The van der Waals surface area contributed by atoms with Crippen LogP contribution in [0, 0.1) is 5.82 Å². The second-order valence-corrected chi connectivity index (χ2v) is 5.81. The lowest BCUT2D eigenvalue weighted by Gasteiger charge is -2.15. The first-order valence-electron chi connectivity index (χ1n) is 6.99. The molecule has 0 saturated heterocycles. The molecule has 1 N–H and O–H groups in total. The van der Waals surface area contributed by atoms with E-state index in [2.05, 4.69) is 27.5 Å². The van der Waals surface area contributed by atoms with Crippen molar-refractivity contribution >= 4 is 22.2 Å². The van der Waals surface area contributed by atoms with E-state index in [-0.39, 0.29) is 5.82 Å². The zero-order chi connectivity index (χ0) is 13.9. The number of benzene rings is 1. The van der Waals surface area contributed by atoms with Gasteiger partial charge in [0.15, 0.2) is 5.13 Å². The summed E-state index contributed by atoms with van der Waals surface area (Å²) in [5, 5.41) is 6.39. The van der Waals surface area contributed by atoms with Crippen LogP contribution < -0.4 is 10.2 Å². The molecule has 1 aliphatic rings. The Morgan fingerprint density at radius 1 is 1.45 bits per heavy atom. The van der Waals surface area contributed by atoms with Gasteiger partial charge in [-0.05, 0) is 37.1 Å². The maximum atomic E-state index is 13.4. The highest BCUT2D eigenvalue weighted by Gasteiger charge is 2.23. The Balaban J connectivity index is 1.77. The zero-order valence-electron chi connectivity index (χ0n) is 11.5. The average Bonchev–Trinajstić information content (AvgIpc) is 3.05. The molecule has 0 unspecified atom stereocenters. The Bertz CT molecular complexity index is 597. The molecule has 0 aliphatic carbocycles. The number of rotatable bonds is 5. The predicted octanol–water partition coefficient (Wildman–Crippen LogP) is 3.48. The molecule has 3 rings (SSSR count).